The molecule has 0 fully saturated rings. The summed E-state index contributed by atoms with van der Waals surface area (Å²) in [5.74, 6) is -0.453. The number of hydrogen-bond acceptors (Lipinski definition) is 4. The molecule has 0 heterocycles. The quantitative estimate of drug-likeness (QED) is 0.400. The van der Waals surface area contributed by atoms with E-state index in [9.17, 15) is 9.90 Å². The van der Waals surface area contributed by atoms with Gasteiger partial charge in [-0.3, -0.25) is 4.79 Å². The lowest BCUT2D eigenvalue weighted by Gasteiger charge is -2.30. The van der Waals surface area contributed by atoms with Crippen LogP contribution in [0.25, 0.3) is 0 Å². The zero-order valence-electron chi connectivity index (χ0n) is 12.4. The van der Waals surface area contributed by atoms with Crippen LogP contribution in [0.15, 0.2) is 0 Å². The number of esters is 1. The van der Waals surface area contributed by atoms with E-state index in [1.54, 1.807) is 0 Å². The Balaban J connectivity index is 4.23. The minimum atomic E-state index is -1.81. The molecule has 5 heteroatoms. The largest absolute Gasteiger partial charge is 0.465 e. The molecule has 0 saturated carbocycles. The average molecular weight is 276 g/mol. The number of unbranched alkanes of at least 4 members (excludes halogenated alkanes) is 1. The van der Waals surface area contributed by atoms with Crippen molar-refractivity contribution >= 4 is 14.3 Å². The van der Waals surface area contributed by atoms with Gasteiger partial charge in [-0.2, -0.15) is 0 Å². The van der Waals surface area contributed by atoms with E-state index >= 15 is 0 Å². The maximum absolute atomic E-state index is 10.8. The summed E-state index contributed by atoms with van der Waals surface area (Å²) in [7, 11) is -1.81. The maximum Gasteiger partial charge on any atom is 0.302 e. The van der Waals surface area contributed by atoms with E-state index in [-0.39, 0.29) is 18.5 Å². The molecular weight excluding hydrogens is 248 g/mol. The molecule has 2 unspecified atom stereocenters. The van der Waals surface area contributed by atoms with Crippen LogP contribution in [0.5, 0.6) is 0 Å². The van der Waals surface area contributed by atoms with Crippen molar-refractivity contribution in [1.82, 2.24) is 0 Å². The lowest BCUT2D eigenvalue weighted by atomic mass is 10.1. The van der Waals surface area contributed by atoms with E-state index in [1.807, 2.05) is 6.92 Å². The number of rotatable bonds is 9. The van der Waals surface area contributed by atoms with Gasteiger partial charge in [-0.1, -0.05) is 26.7 Å². The molecule has 0 aromatic carbocycles. The second kappa shape index (κ2) is 8.66. The summed E-state index contributed by atoms with van der Waals surface area (Å²) < 4.78 is 10.8. The number of carbonyl (C=O) groups is 1. The van der Waals surface area contributed by atoms with Crippen LogP contribution in [0.3, 0.4) is 0 Å². The molecule has 0 radical (unpaired) electrons. The molecular formula is C13H28O4Si. The zero-order valence-corrected chi connectivity index (χ0v) is 13.4. The van der Waals surface area contributed by atoms with Crippen LogP contribution in [-0.2, 0) is 14.0 Å². The predicted molar refractivity (Wildman–Crippen MR) is 74.7 cm³/mol. The third kappa shape index (κ3) is 7.84. The molecule has 0 aliphatic heterocycles. The first-order valence-corrected chi connectivity index (χ1v) is 9.93. The van der Waals surface area contributed by atoms with Crippen molar-refractivity contribution in [3.63, 3.8) is 0 Å². The van der Waals surface area contributed by atoms with Gasteiger partial charge in [0.2, 0.25) is 0 Å². The average Bonchev–Trinajstić information content (AvgIpc) is 2.26. The van der Waals surface area contributed by atoms with Gasteiger partial charge in [0.1, 0.15) is 0 Å². The lowest BCUT2D eigenvalue weighted by Crippen LogP contribution is -2.40. The summed E-state index contributed by atoms with van der Waals surface area (Å²) in [5, 5.41) is 10.1. The molecule has 0 spiro atoms. The first-order chi connectivity index (χ1) is 8.32. The summed E-state index contributed by atoms with van der Waals surface area (Å²) in [6.45, 7) is 9.94. The number of carbonyl (C=O) groups excluding carboxylic acids is 1. The van der Waals surface area contributed by atoms with Crippen molar-refractivity contribution in [1.29, 1.82) is 0 Å². The molecule has 0 amide bonds. The summed E-state index contributed by atoms with van der Waals surface area (Å²) in [6.07, 6.45) is 2.17. The molecule has 0 saturated heterocycles. The highest BCUT2D eigenvalue weighted by molar-refractivity contribution is 6.71. The van der Waals surface area contributed by atoms with Crippen LogP contribution in [-0.4, -0.2) is 32.3 Å². The molecule has 2 atom stereocenters. The number of aliphatic hydroxyl groups is 1. The highest BCUT2D eigenvalue weighted by atomic mass is 28.4. The van der Waals surface area contributed by atoms with Crippen LogP contribution in [0, 0.1) is 5.92 Å². The van der Waals surface area contributed by atoms with Crippen molar-refractivity contribution in [2.45, 2.75) is 65.5 Å². The van der Waals surface area contributed by atoms with Gasteiger partial charge in [0.25, 0.3) is 0 Å². The summed E-state index contributed by atoms with van der Waals surface area (Å²) >= 11 is 0. The molecule has 0 aromatic rings. The Labute approximate surface area is 112 Å². The monoisotopic (exact) mass is 276 g/mol. The molecule has 0 bridgehead atoms. The van der Waals surface area contributed by atoms with Crippen molar-refractivity contribution in [3.8, 4) is 0 Å². The summed E-state index contributed by atoms with van der Waals surface area (Å²) in [5.41, 5.74) is 0. The van der Waals surface area contributed by atoms with Gasteiger partial charge in [-0.05, 0) is 25.6 Å². The third-order valence-corrected chi connectivity index (χ3v) is 5.44. The van der Waals surface area contributed by atoms with Gasteiger partial charge in [0, 0.05) is 12.8 Å². The molecule has 4 nitrogen and oxygen atoms in total. The summed E-state index contributed by atoms with van der Waals surface area (Å²) in [4.78, 5) is 10.8. The number of hydrogen-bond donors (Lipinski definition) is 1. The third-order valence-electron chi connectivity index (χ3n) is 3.00. The smallest absolute Gasteiger partial charge is 0.302 e. The van der Waals surface area contributed by atoms with Crippen molar-refractivity contribution in [3.05, 3.63) is 0 Å². The Morgan fingerprint density at radius 2 is 1.94 bits per heavy atom. The van der Waals surface area contributed by atoms with Crippen molar-refractivity contribution < 1.29 is 19.1 Å². The normalized spacial score (nSPS) is 15.2. The van der Waals surface area contributed by atoms with E-state index in [2.05, 4.69) is 20.0 Å². The Bertz CT molecular complexity index is 243. The Morgan fingerprint density at radius 1 is 1.33 bits per heavy atom. The van der Waals surface area contributed by atoms with Crippen LogP contribution >= 0.6 is 0 Å². The van der Waals surface area contributed by atoms with Gasteiger partial charge >= 0.3 is 5.97 Å². The predicted octanol–water partition coefficient (Wildman–Crippen LogP) is 2.92. The molecule has 18 heavy (non-hydrogen) atoms. The van der Waals surface area contributed by atoms with Gasteiger partial charge in [0.05, 0.1) is 6.61 Å². The fourth-order valence-corrected chi connectivity index (χ4v) is 3.88. The molecule has 1 N–H and O–H groups in total. The standard InChI is InChI=1S/C13H28O4Si/c1-6-8-9-18(4,5)17-13(15)12(7-2)10-16-11(3)14/h12-13,15H,6-10H2,1-5H3. The SMILES string of the molecule is CCCC[Si](C)(C)OC(O)C(CC)COC(C)=O. The van der Waals surface area contributed by atoms with Crippen molar-refractivity contribution in [2.75, 3.05) is 6.61 Å². The van der Waals surface area contributed by atoms with E-state index < -0.39 is 14.6 Å². The van der Waals surface area contributed by atoms with Gasteiger partial charge < -0.3 is 14.3 Å². The second-order valence-electron chi connectivity index (χ2n) is 5.34. The number of aliphatic hydroxyl groups excluding tert-OH is 1. The van der Waals surface area contributed by atoms with E-state index in [0.717, 1.165) is 25.3 Å². The fraction of sp³-hybridized carbons (Fsp3) is 0.923. The zero-order chi connectivity index (χ0) is 14.2. The first kappa shape index (κ1) is 17.6. The summed E-state index contributed by atoms with van der Waals surface area (Å²) in [6, 6.07) is 1.05. The molecule has 0 aliphatic rings. The lowest BCUT2D eigenvalue weighted by molar-refractivity contribution is -0.148. The second-order valence-corrected chi connectivity index (χ2v) is 9.60. The molecule has 0 aliphatic carbocycles. The van der Waals surface area contributed by atoms with Gasteiger partial charge in [-0.25, -0.2) is 0 Å². The maximum atomic E-state index is 10.8. The molecule has 0 rings (SSSR count). The Hall–Kier alpha value is -0.393. The van der Waals surface area contributed by atoms with E-state index in [4.69, 9.17) is 9.16 Å². The fourth-order valence-electron chi connectivity index (χ4n) is 1.71. The number of ether oxygens (including phenoxy) is 1. The minimum absolute atomic E-state index is 0.137. The van der Waals surface area contributed by atoms with Crippen LogP contribution in [0.4, 0.5) is 0 Å². The topological polar surface area (TPSA) is 55.8 Å². The van der Waals surface area contributed by atoms with Crippen molar-refractivity contribution in [2.24, 2.45) is 5.92 Å². The van der Waals surface area contributed by atoms with E-state index in [1.165, 1.54) is 6.92 Å². The molecule has 0 aromatic heterocycles. The minimum Gasteiger partial charge on any atom is -0.465 e. The van der Waals surface area contributed by atoms with E-state index in [0.29, 0.717) is 0 Å². The van der Waals surface area contributed by atoms with Gasteiger partial charge in [-0.15, -0.1) is 0 Å². The van der Waals surface area contributed by atoms with Crippen LogP contribution in [0.2, 0.25) is 19.1 Å². The highest BCUT2D eigenvalue weighted by Crippen LogP contribution is 2.21. The Kier molecular flexibility index (Phi) is 8.48. The first-order valence-electron chi connectivity index (χ1n) is 6.81. The molecule has 108 valence electrons. The van der Waals surface area contributed by atoms with Crippen LogP contribution in [0.1, 0.15) is 40.0 Å². The Morgan fingerprint density at radius 3 is 2.39 bits per heavy atom. The van der Waals surface area contributed by atoms with Crippen LogP contribution < -0.4 is 0 Å². The highest BCUT2D eigenvalue weighted by Gasteiger charge is 2.29. The van der Waals surface area contributed by atoms with Gasteiger partial charge in [0.15, 0.2) is 14.6 Å².